The van der Waals surface area contributed by atoms with Gasteiger partial charge in [0.25, 0.3) is 0 Å². The molecular weight excluding hydrogens is 304 g/mol. The summed E-state index contributed by atoms with van der Waals surface area (Å²) in [7, 11) is 0. The minimum Gasteiger partial charge on any atom is -0.282 e. The number of allylic oxidation sites excluding steroid dienone is 1. The van der Waals surface area contributed by atoms with Crippen molar-refractivity contribution in [1.29, 1.82) is 0 Å². The van der Waals surface area contributed by atoms with Crippen molar-refractivity contribution in [1.82, 2.24) is 0 Å². The van der Waals surface area contributed by atoms with Gasteiger partial charge in [0.15, 0.2) is 0 Å². The maximum Gasteiger partial charge on any atom is 0.128 e. The molecule has 0 saturated carbocycles. The first-order valence-corrected chi connectivity index (χ1v) is 8.60. The maximum atomic E-state index is 6.21. The molecule has 1 aromatic carbocycles. The predicted octanol–water partition coefficient (Wildman–Crippen LogP) is 6.14. The zero-order chi connectivity index (χ0) is 17.1. The second-order valence-corrected chi connectivity index (χ2v) is 6.08. The molecule has 1 rings (SSSR count). The van der Waals surface area contributed by atoms with E-state index >= 15 is 0 Å². The summed E-state index contributed by atoms with van der Waals surface area (Å²) in [6.45, 7) is 12.6. The molecular formula is C20H27ClN2. The van der Waals surface area contributed by atoms with Crippen molar-refractivity contribution in [2.45, 2.75) is 39.5 Å². The van der Waals surface area contributed by atoms with Crippen LogP contribution in [0.1, 0.15) is 45.1 Å². The molecule has 0 heterocycles. The Morgan fingerprint density at radius 2 is 1.96 bits per heavy atom. The number of nitrogens with zero attached hydrogens (tertiary/aromatic N) is 2. The van der Waals surface area contributed by atoms with E-state index in [1.54, 1.807) is 0 Å². The van der Waals surface area contributed by atoms with Crippen LogP contribution in [0.4, 0.5) is 0 Å². The first kappa shape index (κ1) is 19.4. The van der Waals surface area contributed by atoms with Crippen LogP contribution >= 0.6 is 11.6 Å². The number of rotatable bonds is 10. The third-order valence-corrected chi connectivity index (χ3v) is 3.91. The van der Waals surface area contributed by atoms with Gasteiger partial charge >= 0.3 is 0 Å². The normalized spacial score (nSPS) is 13.7. The van der Waals surface area contributed by atoms with Crippen molar-refractivity contribution >= 4 is 28.2 Å². The molecule has 1 aromatic rings. The molecule has 0 aliphatic heterocycles. The third-order valence-electron chi connectivity index (χ3n) is 3.71. The number of halogens is 1. The standard InChI is InChI=1S/C20H27ClN2/c1-5-7-9-12-16(3)19(6-2)22-15-20(21)23-17(4)18-13-10-8-11-14-18/h6,8,10-11,13-14,16H,2,4-5,7,9,12,15H2,1,3H3. The molecule has 0 fully saturated rings. The zero-order valence-corrected chi connectivity index (χ0v) is 15.0. The van der Waals surface area contributed by atoms with E-state index < -0.39 is 0 Å². The maximum absolute atomic E-state index is 6.21. The van der Waals surface area contributed by atoms with Crippen LogP contribution in [0.25, 0.3) is 5.70 Å². The highest BCUT2D eigenvalue weighted by Gasteiger charge is 2.07. The second-order valence-electron chi connectivity index (χ2n) is 5.64. The topological polar surface area (TPSA) is 24.7 Å². The minimum atomic E-state index is 0.368. The molecule has 1 unspecified atom stereocenters. The predicted molar refractivity (Wildman–Crippen MR) is 105 cm³/mol. The summed E-state index contributed by atoms with van der Waals surface area (Å²) < 4.78 is 0. The number of hydrogen-bond acceptors (Lipinski definition) is 2. The Hall–Kier alpha value is -1.67. The molecule has 124 valence electrons. The Bertz CT molecular complexity index is 558. The van der Waals surface area contributed by atoms with E-state index in [-0.39, 0.29) is 0 Å². The lowest BCUT2D eigenvalue weighted by Crippen LogP contribution is -2.10. The zero-order valence-electron chi connectivity index (χ0n) is 14.3. The number of benzene rings is 1. The summed E-state index contributed by atoms with van der Waals surface area (Å²) in [6.07, 6.45) is 6.66. The molecule has 0 radical (unpaired) electrons. The highest BCUT2D eigenvalue weighted by molar-refractivity contribution is 6.66. The van der Waals surface area contributed by atoms with Crippen molar-refractivity contribution < 1.29 is 0 Å². The van der Waals surface area contributed by atoms with E-state index in [9.17, 15) is 0 Å². The van der Waals surface area contributed by atoms with E-state index in [2.05, 4.69) is 37.0 Å². The van der Waals surface area contributed by atoms with Crippen molar-refractivity contribution in [3.05, 3.63) is 55.1 Å². The number of hydrogen-bond donors (Lipinski definition) is 0. The van der Waals surface area contributed by atoms with Gasteiger partial charge in [-0.15, -0.1) is 0 Å². The molecule has 23 heavy (non-hydrogen) atoms. The molecule has 3 heteroatoms. The van der Waals surface area contributed by atoms with Crippen LogP contribution < -0.4 is 0 Å². The van der Waals surface area contributed by atoms with Crippen LogP contribution in [0, 0.1) is 5.92 Å². The van der Waals surface area contributed by atoms with Crippen LogP contribution in [0.15, 0.2) is 59.6 Å². The smallest absolute Gasteiger partial charge is 0.128 e. The summed E-state index contributed by atoms with van der Waals surface area (Å²) in [4.78, 5) is 8.90. The van der Waals surface area contributed by atoms with Crippen LogP contribution in [0.3, 0.4) is 0 Å². The van der Waals surface area contributed by atoms with Crippen molar-refractivity contribution in [2.24, 2.45) is 15.9 Å². The van der Waals surface area contributed by atoms with Crippen LogP contribution in [-0.2, 0) is 0 Å². The summed E-state index contributed by atoms with van der Waals surface area (Å²) >= 11 is 6.21. The average Bonchev–Trinajstić information content (AvgIpc) is 2.56. The summed E-state index contributed by atoms with van der Waals surface area (Å²) in [6, 6.07) is 9.79. The van der Waals surface area contributed by atoms with E-state index in [1.807, 2.05) is 36.4 Å². The Labute approximate surface area is 145 Å². The van der Waals surface area contributed by atoms with Gasteiger partial charge in [-0.3, -0.25) is 4.99 Å². The average molecular weight is 331 g/mol. The minimum absolute atomic E-state index is 0.368. The van der Waals surface area contributed by atoms with Crippen molar-refractivity contribution in [3.8, 4) is 0 Å². The first-order chi connectivity index (χ1) is 11.1. The first-order valence-electron chi connectivity index (χ1n) is 8.22. The quantitative estimate of drug-likeness (QED) is 0.363. The van der Waals surface area contributed by atoms with Crippen molar-refractivity contribution in [2.75, 3.05) is 6.54 Å². The lowest BCUT2D eigenvalue weighted by molar-refractivity contribution is 0.598. The highest BCUT2D eigenvalue weighted by Crippen LogP contribution is 2.15. The highest BCUT2D eigenvalue weighted by atomic mass is 35.5. The molecule has 0 aromatic heterocycles. The fraction of sp³-hybridized carbons (Fsp3) is 0.400. The summed E-state index contributed by atoms with van der Waals surface area (Å²) in [5.41, 5.74) is 2.62. The van der Waals surface area contributed by atoms with Gasteiger partial charge in [-0.2, -0.15) is 0 Å². The van der Waals surface area contributed by atoms with E-state index in [0.29, 0.717) is 23.3 Å². The Morgan fingerprint density at radius 1 is 1.26 bits per heavy atom. The lowest BCUT2D eigenvalue weighted by Gasteiger charge is -2.11. The van der Waals surface area contributed by atoms with Crippen LogP contribution in [-0.4, -0.2) is 17.4 Å². The fourth-order valence-electron chi connectivity index (χ4n) is 2.30. The van der Waals surface area contributed by atoms with Crippen molar-refractivity contribution in [3.63, 3.8) is 0 Å². The van der Waals surface area contributed by atoms with E-state index in [4.69, 9.17) is 11.6 Å². The molecule has 0 N–H and O–H groups in total. The van der Waals surface area contributed by atoms with Gasteiger partial charge in [0.1, 0.15) is 5.17 Å². The van der Waals surface area contributed by atoms with Gasteiger partial charge in [0.05, 0.1) is 12.2 Å². The monoisotopic (exact) mass is 330 g/mol. The second kappa shape index (κ2) is 11.0. The van der Waals surface area contributed by atoms with Gasteiger partial charge in [-0.1, -0.05) is 88.2 Å². The molecule has 0 amide bonds. The fourth-order valence-corrected chi connectivity index (χ4v) is 2.47. The third kappa shape index (κ3) is 7.43. The molecule has 0 bridgehead atoms. The Balaban J connectivity index is 2.63. The van der Waals surface area contributed by atoms with Gasteiger partial charge in [0.2, 0.25) is 0 Å². The molecule has 0 saturated heterocycles. The van der Waals surface area contributed by atoms with Gasteiger partial charge in [-0.25, -0.2) is 4.99 Å². The van der Waals surface area contributed by atoms with Crippen LogP contribution in [0.5, 0.6) is 0 Å². The van der Waals surface area contributed by atoms with E-state index in [0.717, 1.165) is 17.7 Å². The molecule has 0 spiro atoms. The van der Waals surface area contributed by atoms with Gasteiger partial charge in [0, 0.05) is 5.71 Å². The Kier molecular flexibility index (Phi) is 9.23. The molecule has 0 aliphatic rings. The largest absolute Gasteiger partial charge is 0.282 e. The van der Waals surface area contributed by atoms with Gasteiger partial charge < -0.3 is 0 Å². The van der Waals surface area contributed by atoms with Gasteiger partial charge in [-0.05, 0) is 24.0 Å². The van der Waals surface area contributed by atoms with E-state index in [1.165, 1.54) is 19.3 Å². The molecule has 1 atom stereocenters. The molecule has 2 nitrogen and oxygen atoms in total. The lowest BCUT2D eigenvalue weighted by atomic mass is 9.98. The van der Waals surface area contributed by atoms with Crippen LogP contribution in [0.2, 0.25) is 0 Å². The summed E-state index contributed by atoms with van der Waals surface area (Å²) in [5, 5.41) is 0.443. The number of aliphatic imine (C=N–C) groups is 2. The Morgan fingerprint density at radius 3 is 2.57 bits per heavy atom. The summed E-state index contributed by atoms with van der Waals surface area (Å²) in [5.74, 6) is 0.404. The molecule has 0 aliphatic carbocycles. The number of unbranched alkanes of at least 4 members (excludes halogenated alkanes) is 2. The SMILES string of the molecule is C=CC(=NCC(Cl)=NC(=C)c1ccccc1)C(C)CCCCC.